The molecule has 4 nitrogen and oxygen atoms in total. The Kier molecular flexibility index (Phi) is 2.58. The van der Waals surface area contributed by atoms with E-state index in [1.807, 2.05) is 13.0 Å². The molecular weight excluding hydrogens is 190 g/mol. The third-order valence-electron chi connectivity index (χ3n) is 2.06. The first-order chi connectivity index (χ1) is 7.25. The van der Waals surface area contributed by atoms with E-state index in [-0.39, 0.29) is 12.3 Å². The average Bonchev–Trinajstić information content (AvgIpc) is 2.70. The first kappa shape index (κ1) is 9.58. The molecule has 0 saturated carbocycles. The minimum atomic E-state index is 0.0231. The van der Waals surface area contributed by atoms with E-state index in [0.717, 1.165) is 5.56 Å². The molecule has 15 heavy (non-hydrogen) atoms. The molecule has 0 fully saturated rings. The van der Waals surface area contributed by atoms with Crippen LogP contribution < -0.4 is 0 Å². The summed E-state index contributed by atoms with van der Waals surface area (Å²) in [6, 6.07) is 3.63. The maximum atomic E-state index is 11.8. The Labute approximate surface area is 87.6 Å². The quantitative estimate of drug-likeness (QED) is 0.706. The topological polar surface area (TPSA) is 47.8 Å². The van der Waals surface area contributed by atoms with E-state index in [1.165, 1.54) is 0 Å². The molecule has 2 aromatic rings. The summed E-state index contributed by atoms with van der Waals surface area (Å²) in [6.07, 6.45) is 6.73. The van der Waals surface area contributed by atoms with Crippen LogP contribution in [0.1, 0.15) is 15.9 Å². The molecule has 2 rings (SSSR count). The average molecular weight is 201 g/mol. The zero-order valence-corrected chi connectivity index (χ0v) is 8.42. The second kappa shape index (κ2) is 4.04. The van der Waals surface area contributed by atoms with Crippen LogP contribution in [0, 0.1) is 6.92 Å². The highest BCUT2D eigenvalue weighted by Crippen LogP contribution is 2.03. The summed E-state index contributed by atoms with van der Waals surface area (Å²) < 4.78 is 1.60. The SMILES string of the molecule is Cc1cncc(C(=O)Cn2cccn2)c1. The van der Waals surface area contributed by atoms with Crippen molar-refractivity contribution >= 4 is 5.78 Å². The number of hydrogen-bond donors (Lipinski definition) is 0. The van der Waals surface area contributed by atoms with Gasteiger partial charge in [0, 0.05) is 30.4 Å². The Morgan fingerprint density at radius 2 is 2.33 bits per heavy atom. The summed E-state index contributed by atoms with van der Waals surface area (Å²) in [4.78, 5) is 15.7. The van der Waals surface area contributed by atoms with Gasteiger partial charge in [-0.3, -0.25) is 14.5 Å². The monoisotopic (exact) mass is 201 g/mol. The molecular formula is C11H11N3O. The summed E-state index contributed by atoms with van der Waals surface area (Å²) >= 11 is 0. The number of carbonyl (C=O) groups excluding carboxylic acids is 1. The van der Waals surface area contributed by atoms with Crippen LogP contribution in [0.4, 0.5) is 0 Å². The first-order valence-electron chi connectivity index (χ1n) is 4.68. The molecule has 0 aliphatic heterocycles. The van der Waals surface area contributed by atoms with Crippen molar-refractivity contribution in [2.45, 2.75) is 13.5 Å². The Bertz CT molecular complexity index is 462. The van der Waals surface area contributed by atoms with Crippen molar-refractivity contribution in [2.24, 2.45) is 0 Å². The Morgan fingerprint density at radius 3 is 3.00 bits per heavy atom. The molecule has 0 N–H and O–H groups in total. The molecule has 0 amide bonds. The lowest BCUT2D eigenvalue weighted by molar-refractivity contribution is 0.0967. The van der Waals surface area contributed by atoms with Crippen LogP contribution in [0.3, 0.4) is 0 Å². The number of ketones is 1. The predicted octanol–water partition coefficient (Wildman–Crippen LogP) is 1.47. The van der Waals surface area contributed by atoms with Crippen molar-refractivity contribution in [2.75, 3.05) is 0 Å². The fraction of sp³-hybridized carbons (Fsp3) is 0.182. The summed E-state index contributed by atoms with van der Waals surface area (Å²) in [7, 11) is 0. The first-order valence-corrected chi connectivity index (χ1v) is 4.68. The lowest BCUT2D eigenvalue weighted by atomic mass is 10.1. The van der Waals surface area contributed by atoms with Crippen molar-refractivity contribution in [3.05, 3.63) is 48.0 Å². The minimum Gasteiger partial charge on any atom is -0.292 e. The molecule has 76 valence electrons. The second-order valence-electron chi connectivity index (χ2n) is 3.38. The van der Waals surface area contributed by atoms with Gasteiger partial charge in [0.25, 0.3) is 0 Å². The molecule has 0 radical (unpaired) electrons. The van der Waals surface area contributed by atoms with E-state index in [2.05, 4.69) is 10.1 Å². The van der Waals surface area contributed by atoms with E-state index in [0.29, 0.717) is 5.56 Å². The van der Waals surface area contributed by atoms with Gasteiger partial charge in [-0.25, -0.2) is 0 Å². The highest BCUT2D eigenvalue weighted by Gasteiger charge is 2.06. The number of Topliss-reactive ketones (excluding diaryl/α,β-unsaturated/α-hetero) is 1. The Morgan fingerprint density at radius 1 is 1.47 bits per heavy atom. The maximum Gasteiger partial charge on any atom is 0.185 e. The van der Waals surface area contributed by atoms with Crippen LogP contribution in [0.25, 0.3) is 0 Å². The number of pyridine rings is 1. The highest BCUT2D eigenvalue weighted by atomic mass is 16.1. The third-order valence-corrected chi connectivity index (χ3v) is 2.06. The van der Waals surface area contributed by atoms with Gasteiger partial charge in [-0.2, -0.15) is 5.10 Å². The van der Waals surface area contributed by atoms with Gasteiger partial charge in [0.05, 0.1) is 0 Å². The number of hydrogen-bond acceptors (Lipinski definition) is 3. The number of nitrogens with zero attached hydrogens (tertiary/aromatic N) is 3. The number of carbonyl (C=O) groups is 1. The van der Waals surface area contributed by atoms with Crippen molar-refractivity contribution < 1.29 is 4.79 Å². The number of rotatable bonds is 3. The Balaban J connectivity index is 2.15. The summed E-state index contributed by atoms with van der Waals surface area (Å²) in [6.45, 7) is 2.18. The second-order valence-corrected chi connectivity index (χ2v) is 3.38. The zero-order valence-electron chi connectivity index (χ0n) is 8.42. The van der Waals surface area contributed by atoms with Crippen LogP contribution in [-0.4, -0.2) is 20.5 Å². The molecule has 0 bridgehead atoms. The van der Waals surface area contributed by atoms with Crippen molar-refractivity contribution in [3.63, 3.8) is 0 Å². The van der Waals surface area contributed by atoms with E-state index in [9.17, 15) is 4.79 Å². The molecule has 0 saturated heterocycles. The van der Waals surface area contributed by atoms with Crippen LogP contribution >= 0.6 is 0 Å². The molecule has 0 unspecified atom stereocenters. The fourth-order valence-electron chi connectivity index (χ4n) is 1.34. The molecule has 4 heteroatoms. The van der Waals surface area contributed by atoms with Gasteiger partial charge >= 0.3 is 0 Å². The molecule has 0 aliphatic rings. The smallest absolute Gasteiger partial charge is 0.185 e. The van der Waals surface area contributed by atoms with Gasteiger partial charge in [-0.05, 0) is 24.6 Å². The molecule has 0 atom stereocenters. The molecule has 2 heterocycles. The van der Waals surface area contributed by atoms with Crippen LogP contribution in [0.15, 0.2) is 36.9 Å². The number of aryl methyl sites for hydroxylation is 1. The van der Waals surface area contributed by atoms with Crippen molar-refractivity contribution in [1.82, 2.24) is 14.8 Å². The Hall–Kier alpha value is -1.97. The largest absolute Gasteiger partial charge is 0.292 e. The van der Waals surface area contributed by atoms with Crippen LogP contribution in [-0.2, 0) is 6.54 Å². The lowest BCUT2D eigenvalue weighted by Crippen LogP contribution is -2.11. The van der Waals surface area contributed by atoms with Gasteiger partial charge < -0.3 is 0 Å². The van der Waals surface area contributed by atoms with Crippen molar-refractivity contribution in [1.29, 1.82) is 0 Å². The van der Waals surface area contributed by atoms with Gasteiger partial charge in [0.2, 0.25) is 0 Å². The van der Waals surface area contributed by atoms with Crippen LogP contribution in [0.5, 0.6) is 0 Å². The van der Waals surface area contributed by atoms with Gasteiger partial charge in [-0.1, -0.05) is 0 Å². The van der Waals surface area contributed by atoms with E-state index in [1.54, 1.807) is 35.5 Å². The zero-order chi connectivity index (χ0) is 10.7. The predicted molar refractivity (Wildman–Crippen MR) is 55.5 cm³/mol. The molecule has 0 aromatic carbocycles. The number of aromatic nitrogens is 3. The summed E-state index contributed by atoms with van der Waals surface area (Å²) in [5.74, 6) is 0.0231. The van der Waals surface area contributed by atoms with E-state index < -0.39 is 0 Å². The fourth-order valence-corrected chi connectivity index (χ4v) is 1.34. The standard InChI is InChI=1S/C11H11N3O/c1-9-5-10(7-12-6-9)11(15)8-14-4-2-3-13-14/h2-7H,8H2,1H3. The van der Waals surface area contributed by atoms with Gasteiger partial charge in [0.15, 0.2) is 5.78 Å². The van der Waals surface area contributed by atoms with E-state index >= 15 is 0 Å². The minimum absolute atomic E-state index is 0.0231. The lowest BCUT2D eigenvalue weighted by Gasteiger charge is -2.01. The highest BCUT2D eigenvalue weighted by molar-refractivity contribution is 5.95. The van der Waals surface area contributed by atoms with Gasteiger partial charge in [-0.15, -0.1) is 0 Å². The summed E-state index contributed by atoms with van der Waals surface area (Å²) in [5, 5.41) is 3.98. The molecule has 2 aromatic heterocycles. The molecule has 0 spiro atoms. The molecule has 0 aliphatic carbocycles. The van der Waals surface area contributed by atoms with Crippen LogP contribution in [0.2, 0.25) is 0 Å². The maximum absolute atomic E-state index is 11.8. The van der Waals surface area contributed by atoms with E-state index in [4.69, 9.17) is 0 Å². The third kappa shape index (κ3) is 2.28. The summed E-state index contributed by atoms with van der Waals surface area (Å²) in [5.41, 5.74) is 1.62. The normalized spacial score (nSPS) is 10.2. The van der Waals surface area contributed by atoms with Crippen molar-refractivity contribution in [3.8, 4) is 0 Å². The van der Waals surface area contributed by atoms with Gasteiger partial charge in [0.1, 0.15) is 6.54 Å².